The van der Waals surface area contributed by atoms with E-state index < -0.39 is 5.24 Å². The molecule has 0 spiro atoms. The van der Waals surface area contributed by atoms with Crippen LogP contribution in [0.1, 0.15) is 10.4 Å². The van der Waals surface area contributed by atoms with Crippen LogP contribution in [0.15, 0.2) is 66.9 Å². The van der Waals surface area contributed by atoms with E-state index in [9.17, 15) is 4.79 Å². The van der Waals surface area contributed by atoms with Gasteiger partial charge in [0.2, 0.25) is 0 Å². The van der Waals surface area contributed by atoms with Gasteiger partial charge in [0, 0.05) is 17.1 Å². The summed E-state index contributed by atoms with van der Waals surface area (Å²) in [4.78, 5) is 14.8. The monoisotopic (exact) mass is 299 g/mol. The first kappa shape index (κ1) is 15.0. The smallest absolute Gasteiger partial charge is 0.252 e. The Bertz CT molecular complexity index is 661. The number of rotatable bonds is 2. The van der Waals surface area contributed by atoms with E-state index in [0.717, 1.165) is 5.52 Å². The van der Waals surface area contributed by atoms with Crippen LogP contribution in [0.2, 0.25) is 0 Å². The molecule has 2 aromatic carbocycles. The first-order valence-corrected chi connectivity index (χ1v) is 6.72. The van der Waals surface area contributed by atoms with Crippen LogP contribution < -0.4 is 4.74 Å². The summed E-state index contributed by atoms with van der Waals surface area (Å²) in [5, 5.41) is 0.748. The number of carbonyl (C=O) groups excluding carboxylic acids is 1. The van der Waals surface area contributed by atoms with Crippen molar-refractivity contribution in [1.29, 1.82) is 0 Å². The first-order chi connectivity index (χ1) is 10.2. The van der Waals surface area contributed by atoms with Gasteiger partial charge in [-0.3, -0.25) is 9.78 Å². The Balaban J connectivity index is 0.000000154. The Morgan fingerprint density at radius 2 is 1.67 bits per heavy atom. The Kier molecular flexibility index (Phi) is 5.29. The molecular formula is C17H14ClNO2. The van der Waals surface area contributed by atoms with Crippen molar-refractivity contribution in [1.82, 2.24) is 4.98 Å². The third-order valence-electron chi connectivity index (χ3n) is 2.83. The zero-order valence-electron chi connectivity index (χ0n) is 11.5. The lowest BCUT2D eigenvalue weighted by molar-refractivity contribution is 0.108. The van der Waals surface area contributed by atoms with Crippen molar-refractivity contribution in [3.05, 3.63) is 72.4 Å². The average molecular weight is 300 g/mol. The zero-order chi connectivity index (χ0) is 15.1. The summed E-state index contributed by atoms with van der Waals surface area (Å²) in [5.74, 6) is 0.715. The van der Waals surface area contributed by atoms with Gasteiger partial charge in [-0.25, -0.2) is 0 Å². The molecule has 0 unspecified atom stereocenters. The lowest BCUT2D eigenvalue weighted by Crippen LogP contribution is -1.88. The molecule has 21 heavy (non-hydrogen) atoms. The minimum Gasteiger partial charge on any atom is -0.497 e. The van der Waals surface area contributed by atoms with Crippen LogP contribution in [0.4, 0.5) is 0 Å². The highest BCUT2D eigenvalue weighted by molar-refractivity contribution is 6.67. The Morgan fingerprint density at radius 3 is 2.29 bits per heavy atom. The third kappa shape index (κ3) is 4.29. The van der Waals surface area contributed by atoms with Crippen molar-refractivity contribution >= 4 is 27.7 Å². The van der Waals surface area contributed by atoms with Crippen molar-refractivity contribution in [2.45, 2.75) is 0 Å². The fourth-order valence-electron chi connectivity index (χ4n) is 1.74. The SMILES string of the molecule is COc1ccc(C(=O)Cl)cc1.c1ccc2ncccc2c1. The Hall–Kier alpha value is -2.39. The maximum atomic E-state index is 10.6. The van der Waals surface area contributed by atoms with Crippen molar-refractivity contribution in [3.8, 4) is 5.75 Å². The van der Waals surface area contributed by atoms with Gasteiger partial charge in [-0.05, 0) is 48.0 Å². The lowest BCUT2D eigenvalue weighted by Gasteiger charge is -1.98. The van der Waals surface area contributed by atoms with Gasteiger partial charge >= 0.3 is 0 Å². The minimum atomic E-state index is -0.451. The third-order valence-corrected chi connectivity index (χ3v) is 3.05. The number of pyridine rings is 1. The minimum absolute atomic E-state index is 0.451. The highest BCUT2D eigenvalue weighted by Crippen LogP contribution is 2.12. The van der Waals surface area contributed by atoms with E-state index in [1.54, 1.807) is 31.4 Å². The fraction of sp³-hybridized carbons (Fsp3) is 0.0588. The number of aromatic nitrogens is 1. The molecule has 3 aromatic rings. The topological polar surface area (TPSA) is 39.2 Å². The normalized spacial score (nSPS) is 9.62. The van der Waals surface area contributed by atoms with Crippen LogP contribution in [0.25, 0.3) is 10.9 Å². The van der Waals surface area contributed by atoms with Gasteiger partial charge in [-0.1, -0.05) is 24.3 Å². The van der Waals surface area contributed by atoms with Crippen LogP contribution in [0.5, 0.6) is 5.75 Å². The van der Waals surface area contributed by atoms with Crippen molar-refractivity contribution in [3.63, 3.8) is 0 Å². The second-order valence-corrected chi connectivity index (χ2v) is 4.54. The largest absolute Gasteiger partial charge is 0.497 e. The highest BCUT2D eigenvalue weighted by atomic mass is 35.5. The molecule has 1 heterocycles. The van der Waals surface area contributed by atoms with Crippen molar-refractivity contribution in [2.24, 2.45) is 0 Å². The number of ether oxygens (including phenoxy) is 1. The Labute approximate surface area is 128 Å². The van der Waals surface area contributed by atoms with Crippen LogP contribution in [0.3, 0.4) is 0 Å². The molecule has 0 saturated carbocycles. The molecule has 0 aliphatic heterocycles. The molecule has 4 heteroatoms. The molecule has 0 N–H and O–H groups in total. The maximum absolute atomic E-state index is 10.6. The molecule has 0 bridgehead atoms. The molecule has 106 valence electrons. The molecule has 0 fully saturated rings. The summed E-state index contributed by atoms with van der Waals surface area (Å²) in [6.07, 6.45) is 1.81. The maximum Gasteiger partial charge on any atom is 0.252 e. The van der Waals surface area contributed by atoms with Gasteiger partial charge in [0.1, 0.15) is 5.75 Å². The van der Waals surface area contributed by atoms with E-state index in [1.807, 2.05) is 30.5 Å². The highest BCUT2D eigenvalue weighted by Gasteiger charge is 1.99. The fourth-order valence-corrected chi connectivity index (χ4v) is 1.86. The summed E-state index contributed by atoms with van der Waals surface area (Å²) < 4.78 is 4.89. The number of halogens is 1. The van der Waals surface area contributed by atoms with Gasteiger partial charge in [0.25, 0.3) is 5.24 Å². The molecule has 0 saturated heterocycles. The number of hydrogen-bond donors (Lipinski definition) is 0. The number of carbonyl (C=O) groups is 1. The molecule has 0 atom stereocenters. The van der Waals surface area contributed by atoms with Crippen molar-refractivity contribution in [2.75, 3.05) is 7.11 Å². The summed E-state index contributed by atoms with van der Waals surface area (Å²) >= 11 is 5.22. The second kappa shape index (κ2) is 7.41. The van der Waals surface area contributed by atoms with Gasteiger partial charge < -0.3 is 4.74 Å². The average Bonchev–Trinajstić information content (AvgIpc) is 2.55. The van der Waals surface area contributed by atoms with E-state index in [-0.39, 0.29) is 0 Å². The molecular weight excluding hydrogens is 286 g/mol. The molecule has 0 radical (unpaired) electrons. The second-order valence-electron chi connectivity index (χ2n) is 4.20. The van der Waals surface area contributed by atoms with E-state index in [1.165, 1.54) is 5.39 Å². The number of benzene rings is 2. The molecule has 0 aliphatic carbocycles. The number of fused-ring (bicyclic) bond motifs is 1. The van der Waals surface area contributed by atoms with Crippen LogP contribution in [-0.2, 0) is 0 Å². The number of methoxy groups -OCH3 is 1. The molecule has 3 rings (SSSR count). The van der Waals surface area contributed by atoms with Crippen molar-refractivity contribution < 1.29 is 9.53 Å². The van der Waals surface area contributed by atoms with Gasteiger partial charge in [-0.15, -0.1) is 0 Å². The first-order valence-electron chi connectivity index (χ1n) is 6.34. The zero-order valence-corrected chi connectivity index (χ0v) is 12.2. The summed E-state index contributed by atoms with van der Waals surface area (Å²) in [7, 11) is 1.57. The van der Waals surface area contributed by atoms with E-state index in [4.69, 9.17) is 16.3 Å². The molecule has 3 nitrogen and oxygen atoms in total. The summed E-state index contributed by atoms with van der Waals surface area (Å²) in [6.45, 7) is 0. The van der Waals surface area contributed by atoms with Gasteiger partial charge in [0.15, 0.2) is 0 Å². The summed E-state index contributed by atoms with van der Waals surface area (Å²) in [5.41, 5.74) is 1.54. The molecule has 0 amide bonds. The van der Waals surface area contributed by atoms with Crippen LogP contribution in [0, 0.1) is 0 Å². The predicted molar refractivity (Wildman–Crippen MR) is 84.9 cm³/mol. The number of para-hydroxylation sites is 1. The Morgan fingerprint density at radius 1 is 1.00 bits per heavy atom. The van der Waals surface area contributed by atoms with E-state index in [0.29, 0.717) is 11.3 Å². The summed E-state index contributed by atoms with van der Waals surface area (Å²) in [6, 6.07) is 18.7. The quantitative estimate of drug-likeness (QED) is 0.662. The number of hydrogen-bond acceptors (Lipinski definition) is 3. The lowest BCUT2D eigenvalue weighted by atomic mass is 10.2. The molecule has 1 aromatic heterocycles. The van der Waals surface area contributed by atoms with E-state index in [2.05, 4.69) is 17.1 Å². The molecule has 0 aliphatic rings. The van der Waals surface area contributed by atoms with E-state index >= 15 is 0 Å². The predicted octanol–water partition coefficient (Wildman–Crippen LogP) is 4.31. The number of nitrogens with zero attached hydrogens (tertiary/aromatic N) is 1. The van der Waals surface area contributed by atoms with Crippen LogP contribution >= 0.6 is 11.6 Å². The standard InChI is InChI=1S/C9H7N.C8H7ClO2/c1-2-6-9-8(4-1)5-3-7-10-9;1-11-7-4-2-6(3-5-7)8(9)10/h1-7H;2-5H,1H3. The van der Waals surface area contributed by atoms with Crippen LogP contribution in [-0.4, -0.2) is 17.3 Å². The van der Waals surface area contributed by atoms with Gasteiger partial charge in [0.05, 0.1) is 12.6 Å². The van der Waals surface area contributed by atoms with Gasteiger partial charge in [-0.2, -0.15) is 0 Å².